The summed E-state index contributed by atoms with van der Waals surface area (Å²) in [7, 11) is 0. The molecule has 0 N–H and O–H groups in total. The minimum atomic E-state index is -0.343. The van der Waals surface area contributed by atoms with E-state index >= 15 is 0 Å². The molecule has 1 rings (SSSR count). The summed E-state index contributed by atoms with van der Waals surface area (Å²) in [5.74, 6) is -0.151. The maximum atomic E-state index is 11.7. The predicted octanol–water partition coefficient (Wildman–Crippen LogP) is 3.34. The molecule has 100 valence electrons. The molecule has 0 radical (unpaired) electrons. The predicted molar refractivity (Wildman–Crippen MR) is 71.2 cm³/mol. The van der Waals surface area contributed by atoms with Crippen LogP contribution in [0.25, 0.3) is 0 Å². The fourth-order valence-corrected chi connectivity index (χ4v) is 2.10. The molecule has 1 saturated carbocycles. The number of esters is 1. The van der Waals surface area contributed by atoms with Crippen molar-refractivity contribution in [3.63, 3.8) is 0 Å². The van der Waals surface area contributed by atoms with Crippen LogP contribution < -0.4 is 0 Å². The van der Waals surface area contributed by atoms with Gasteiger partial charge in [0.25, 0.3) is 0 Å². The number of ether oxygens (including phenoxy) is 1. The zero-order valence-corrected chi connectivity index (χ0v) is 11.1. The molecule has 0 amide bonds. The Morgan fingerprint density at radius 3 is 2.61 bits per heavy atom. The molecule has 0 aromatic carbocycles. The molecule has 0 saturated heterocycles. The van der Waals surface area contributed by atoms with Gasteiger partial charge in [-0.25, -0.2) is 0 Å². The average Bonchev–Trinajstić information content (AvgIpc) is 3.12. The van der Waals surface area contributed by atoms with Gasteiger partial charge in [0.2, 0.25) is 0 Å². The van der Waals surface area contributed by atoms with E-state index in [4.69, 9.17) is 4.74 Å². The molecular formula is C15H22O3. The summed E-state index contributed by atoms with van der Waals surface area (Å²) in [5.41, 5.74) is 0.809. The Hall–Kier alpha value is -1.38. The fraction of sp³-hybridized carbons (Fsp3) is 0.600. The van der Waals surface area contributed by atoms with E-state index in [1.54, 1.807) is 6.08 Å². The van der Waals surface area contributed by atoms with E-state index in [1.807, 2.05) is 6.08 Å². The SMILES string of the molecule is C=C/C=C(/CC)C1(OC(=O)CCCCC=O)CC1. The Kier molecular flexibility index (Phi) is 5.83. The van der Waals surface area contributed by atoms with E-state index < -0.39 is 0 Å². The molecule has 3 heteroatoms. The first kappa shape index (κ1) is 14.7. The Bertz CT molecular complexity index is 338. The van der Waals surface area contributed by atoms with Crippen molar-refractivity contribution in [2.45, 2.75) is 57.5 Å². The molecule has 0 aromatic heterocycles. The lowest BCUT2D eigenvalue weighted by molar-refractivity contribution is -0.149. The van der Waals surface area contributed by atoms with Crippen LogP contribution in [-0.2, 0) is 14.3 Å². The molecular weight excluding hydrogens is 228 g/mol. The molecule has 0 aromatic rings. The van der Waals surface area contributed by atoms with E-state index in [2.05, 4.69) is 13.5 Å². The monoisotopic (exact) mass is 250 g/mol. The summed E-state index contributed by atoms with van der Waals surface area (Å²) in [6, 6.07) is 0. The largest absolute Gasteiger partial charge is 0.454 e. The number of rotatable bonds is 9. The summed E-state index contributed by atoms with van der Waals surface area (Å²) in [5, 5.41) is 0. The van der Waals surface area contributed by atoms with Gasteiger partial charge in [-0.3, -0.25) is 4.79 Å². The van der Waals surface area contributed by atoms with Gasteiger partial charge in [0, 0.05) is 12.8 Å². The molecule has 0 aliphatic heterocycles. The van der Waals surface area contributed by atoms with Crippen molar-refractivity contribution < 1.29 is 14.3 Å². The summed E-state index contributed by atoms with van der Waals surface area (Å²) >= 11 is 0. The van der Waals surface area contributed by atoms with E-state index in [0.29, 0.717) is 12.8 Å². The van der Waals surface area contributed by atoms with E-state index in [9.17, 15) is 9.59 Å². The highest BCUT2D eigenvalue weighted by atomic mass is 16.6. The van der Waals surface area contributed by atoms with Gasteiger partial charge in [0.05, 0.1) is 0 Å². The normalized spacial score (nSPS) is 17.1. The summed E-state index contributed by atoms with van der Waals surface area (Å²) in [4.78, 5) is 21.9. The minimum absolute atomic E-state index is 0.151. The van der Waals surface area contributed by atoms with Gasteiger partial charge in [-0.1, -0.05) is 25.7 Å². The maximum absolute atomic E-state index is 11.7. The third-order valence-electron chi connectivity index (χ3n) is 3.25. The molecule has 3 nitrogen and oxygen atoms in total. The Morgan fingerprint density at radius 2 is 2.11 bits per heavy atom. The van der Waals surface area contributed by atoms with E-state index in [-0.39, 0.29) is 11.6 Å². The van der Waals surface area contributed by atoms with Crippen LogP contribution in [-0.4, -0.2) is 17.9 Å². The van der Waals surface area contributed by atoms with Crippen molar-refractivity contribution in [2.24, 2.45) is 0 Å². The molecule has 0 spiro atoms. The number of carbonyl (C=O) groups is 2. The van der Waals surface area contributed by atoms with Crippen molar-refractivity contribution in [2.75, 3.05) is 0 Å². The van der Waals surface area contributed by atoms with Gasteiger partial charge in [-0.2, -0.15) is 0 Å². The number of hydrogen-bond donors (Lipinski definition) is 0. The molecule has 1 fully saturated rings. The lowest BCUT2D eigenvalue weighted by atomic mass is 10.0. The molecule has 1 aliphatic rings. The number of aldehydes is 1. The highest BCUT2D eigenvalue weighted by molar-refractivity contribution is 5.71. The van der Waals surface area contributed by atoms with Crippen molar-refractivity contribution in [3.8, 4) is 0 Å². The van der Waals surface area contributed by atoms with Crippen molar-refractivity contribution in [1.82, 2.24) is 0 Å². The highest BCUT2D eigenvalue weighted by Crippen LogP contribution is 2.47. The standard InChI is InChI=1S/C15H22O3/c1-3-8-13(4-2)15(10-11-15)18-14(17)9-6-5-7-12-16/h3,8,12H,1,4-7,9-11H2,2H3/b13-8-. The molecule has 0 heterocycles. The van der Waals surface area contributed by atoms with Gasteiger partial charge in [0.15, 0.2) is 0 Å². The van der Waals surface area contributed by atoms with Crippen LogP contribution in [0, 0.1) is 0 Å². The van der Waals surface area contributed by atoms with Gasteiger partial charge in [0.1, 0.15) is 11.9 Å². The van der Waals surface area contributed by atoms with Gasteiger partial charge < -0.3 is 9.53 Å². The van der Waals surface area contributed by atoms with Crippen LogP contribution in [0.15, 0.2) is 24.3 Å². The lowest BCUT2D eigenvalue weighted by Gasteiger charge is -2.19. The molecule has 0 atom stereocenters. The van der Waals surface area contributed by atoms with Gasteiger partial charge in [-0.05, 0) is 37.7 Å². The average molecular weight is 250 g/mol. The van der Waals surface area contributed by atoms with Crippen LogP contribution in [0.2, 0.25) is 0 Å². The second kappa shape index (κ2) is 7.14. The first-order valence-electron chi connectivity index (χ1n) is 6.66. The third kappa shape index (κ3) is 4.13. The van der Waals surface area contributed by atoms with Crippen LogP contribution in [0.4, 0.5) is 0 Å². The number of hydrogen-bond acceptors (Lipinski definition) is 3. The first-order chi connectivity index (χ1) is 8.68. The zero-order valence-electron chi connectivity index (χ0n) is 11.1. The van der Waals surface area contributed by atoms with Crippen molar-refractivity contribution in [1.29, 1.82) is 0 Å². The summed E-state index contributed by atoms with van der Waals surface area (Å²) in [6.07, 6.45) is 9.70. The molecule has 18 heavy (non-hydrogen) atoms. The van der Waals surface area contributed by atoms with E-state index in [1.165, 1.54) is 0 Å². The Balaban J connectivity index is 2.41. The second-order valence-electron chi connectivity index (χ2n) is 4.66. The summed E-state index contributed by atoms with van der Waals surface area (Å²) < 4.78 is 5.59. The van der Waals surface area contributed by atoms with Crippen LogP contribution in [0.5, 0.6) is 0 Å². The maximum Gasteiger partial charge on any atom is 0.306 e. The van der Waals surface area contributed by atoms with Crippen molar-refractivity contribution in [3.05, 3.63) is 24.3 Å². The topological polar surface area (TPSA) is 43.4 Å². The van der Waals surface area contributed by atoms with Crippen LogP contribution in [0.3, 0.4) is 0 Å². The number of unbranched alkanes of at least 4 members (excludes halogenated alkanes) is 2. The molecule has 0 bridgehead atoms. The summed E-state index contributed by atoms with van der Waals surface area (Å²) in [6.45, 7) is 5.75. The molecule has 1 aliphatic carbocycles. The zero-order chi connectivity index (χ0) is 13.4. The van der Waals surface area contributed by atoms with Gasteiger partial charge >= 0.3 is 5.97 Å². The molecule has 0 unspecified atom stereocenters. The Labute approximate surface area is 109 Å². The number of carbonyl (C=O) groups excluding carboxylic acids is 2. The smallest absolute Gasteiger partial charge is 0.306 e. The van der Waals surface area contributed by atoms with Crippen LogP contribution >= 0.6 is 0 Å². The first-order valence-corrected chi connectivity index (χ1v) is 6.66. The third-order valence-corrected chi connectivity index (χ3v) is 3.25. The number of allylic oxidation sites excluding steroid dienone is 2. The Morgan fingerprint density at radius 1 is 1.39 bits per heavy atom. The quantitative estimate of drug-likeness (QED) is 0.273. The highest BCUT2D eigenvalue weighted by Gasteiger charge is 2.48. The van der Waals surface area contributed by atoms with Gasteiger partial charge in [-0.15, -0.1) is 0 Å². The minimum Gasteiger partial charge on any atom is -0.454 e. The lowest BCUT2D eigenvalue weighted by Crippen LogP contribution is -2.21. The van der Waals surface area contributed by atoms with E-state index in [0.717, 1.165) is 44.0 Å². The van der Waals surface area contributed by atoms with Crippen molar-refractivity contribution >= 4 is 12.3 Å². The fourth-order valence-electron chi connectivity index (χ4n) is 2.10. The second-order valence-corrected chi connectivity index (χ2v) is 4.66. The van der Waals surface area contributed by atoms with Crippen LogP contribution in [0.1, 0.15) is 51.9 Å².